The molecule has 2 aromatic rings. The lowest BCUT2D eigenvalue weighted by Gasteiger charge is -2.13. The normalized spacial score (nSPS) is 11.1. The van der Waals surface area contributed by atoms with Crippen molar-refractivity contribution in [1.29, 1.82) is 0 Å². The predicted molar refractivity (Wildman–Crippen MR) is 90.2 cm³/mol. The van der Waals surface area contributed by atoms with Crippen LogP contribution in [0.15, 0.2) is 47.6 Å². The van der Waals surface area contributed by atoms with E-state index in [-0.39, 0.29) is 12.3 Å². The van der Waals surface area contributed by atoms with E-state index in [2.05, 4.69) is 5.16 Å². The van der Waals surface area contributed by atoms with Gasteiger partial charge in [0.05, 0.1) is 0 Å². The van der Waals surface area contributed by atoms with Crippen molar-refractivity contribution >= 4 is 11.6 Å². The molecule has 0 heterocycles. The van der Waals surface area contributed by atoms with Crippen molar-refractivity contribution in [3.63, 3.8) is 0 Å². The van der Waals surface area contributed by atoms with Gasteiger partial charge in [-0.2, -0.15) is 0 Å². The fourth-order valence-electron chi connectivity index (χ4n) is 2.25. The SMILES string of the molecule is CO/N=C(/C(=O)NO)c1ccccc1COc1cc(C)ccc1C. The molecule has 0 aliphatic rings. The van der Waals surface area contributed by atoms with Crippen LogP contribution in [0.25, 0.3) is 0 Å². The summed E-state index contributed by atoms with van der Waals surface area (Å²) in [7, 11) is 1.33. The van der Waals surface area contributed by atoms with Gasteiger partial charge in [0, 0.05) is 5.56 Å². The summed E-state index contributed by atoms with van der Waals surface area (Å²) < 4.78 is 5.90. The van der Waals surface area contributed by atoms with Gasteiger partial charge in [-0.05, 0) is 36.6 Å². The van der Waals surface area contributed by atoms with Crippen molar-refractivity contribution in [2.45, 2.75) is 20.5 Å². The highest BCUT2D eigenvalue weighted by atomic mass is 16.6. The molecule has 0 saturated heterocycles. The number of ether oxygens (including phenoxy) is 1. The molecule has 0 atom stereocenters. The Kier molecular flexibility index (Phi) is 5.92. The number of carbonyl (C=O) groups is 1. The number of amides is 1. The van der Waals surface area contributed by atoms with Crippen LogP contribution in [0.2, 0.25) is 0 Å². The quantitative estimate of drug-likeness (QED) is 0.485. The summed E-state index contributed by atoms with van der Waals surface area (Å²) in [6.45, 7) is 4.22. The first-order valence-electron chi connectivity index (χ1n) is 7.40. The van der Waals surface area contributed by atoms with Crippen LogP contribution >= 0.6 is 0 Å². The van der Waals surface area contributed by atoms with Gasteiger partial charge in [0.2, 0.25) is 0 Å². The maximum atomic E-state index is 11.8. The molecule has 0 radical (unpaired) electrons. The van der Waals surface area contributed by atoms with Crippen molar-refractivity contribution in [1.82, 2.24) is 5.48 Å². The zero-order chi connectivity index (χ0) is 17.5. The molecule has 2 rings (SSSR count). The van der Waals surface area contributed by atoms with E-state index in [4.69, 9.17) is 14.8 Å². The minimum atomic E-state index is -0.754. The van der Waals surface area contributed by atoms with E-state index in [0.717, 1.165) is 22.4 Å². The van der Waals surface area contributed by atoms with Crippen LogP contribution in [-0.4, -0.2) is 23.9 Å². The van der Waals surface area contributed by atoms with Gasteiger partial charge in [-0.25, -0.2) is 5.48 Å². The number of benzene rings is 2. The second-order valence-electron chi connectivity index (χ2n) is 5.28. The van der Waals surface area contributed by atoms with Crippen LogP contribution in [0, 0.1) is 13.8 Å². The summed E-state index contributed by atoms with van der Waals surface area (Å²) in [5.74, 6) is 0.0256. The predicted octanol–water partition coefficient (Wildman–Crippen LogP) is 2.74. The van der Waals surface area contributed by atoms with Crippen LogP contribution in [0.4, 0.5) is 0 Å². The summed E-state index contributed by atoms with van der Waals surface area (Å²) in [6, 6.07) is 13.1. The summed E-state index contributed by atoms with van der Waals surface area (Å²) in [5.41, 5.74) is 4.95. The van der Waals surface area contributed by atoms with Crippen LogP contribution < -0.4 is 10.2 Å². The lowest BCUT2D eigenvalue weighted by Crippen LogP contribution is -2.30. The maximum absolute atomic E-state index is 11.8. The Morgan fingerprint density at radius 2 is 1.96 bits per heavy atom. The van der Waals surface area contributed by atoms with E-state index in [9.17, 15) is 4.79 Å². The smallest absolute Gasteiger partial charge is 0.297 e. The molecule has 1 amide bonds. The standard InChI is InChI=1S/C18H20N2O4/c1-12-8-9-13(2)16(10-12)24-11-14-6-4-5-7-15(14)17(20-23-3)18(21)19-22/h4-10,22H,11H2,1-3H3,(H,19,21)/b20-17+. The fraction of sp³-hybridized carbons (Fsp3) is 0.222. The number of aryl methyl sites for hydroxylation is 2. The number of hydroxylamine groups is 1. The van der Waals surface area contributed by atoms with Gasteiger partial charge in [0.1, 0.15) is 19.5 Å². The molecule has 0 aliphatic heterocycles. The van der Waals surface area contributed by atoms with Gasteiger partial charge in [0.15, 0.2) is 5.71 Å². The maximum Gasteiger partial charge on any atom is 0.297 e. The summed E-state index contributed by atoms with van der Waals surface area (Å²) in [5, 5.41) is 12.6. The summed E-state index contributed by atoms with van der Waals surface area (Å²) in [4.78, 5) is 16.5. The number of nitrogens with one attached hydrogen (secondary N) is 1. The van der Waals surface area contributed by atoms with Gasteiger partial charge in [-0.1, -0.05) is 41.6 Å². The Labute approximate surface area is 140 Å². The van der Waals surface area contributed by atoms with Gasteiger partial charge < -0.3 is 9.57 Å². The molecule has 0 fully saturated rings. The Morgan fingerprint density at radius 3 is 2.67 bits per heavy atom. The van der Waals surface area contributed by atoms with Crippen molar-refractivity contribution in [2.75, 3.05) is 7.11 Å². The van der Waals surface area contributed by atoms with E-state index in [1.807, 2.05) is 44.2 Å². The molecule has 2 N–H and O–H groups in total. The topological polar surface area (TPSA) is 80.2 Å². The Balaban J connectivity index is 2.30. The van der Waals surface area contributed by atoms with E-state index in [1.165, 1.54) is 7.11 Å². The second kappa shape index (κ2) is 8.12. The molecule has 0 aliphatic carbocycles. The van der Waals surface area contributed by atoms with Crippen molar-refractivity contribution in [3.8, 4) is 5.75 Å². The average Bonchev–Trinajstić information content (AvgIpc) is 2.60. The molecule has 126 valence electrons. The molecule has 0 bridgehead atoms. The first kappa shape index (κ1) is 17.5. The third-order valence-electron chi connectivity index (χ3n) is 3.50. The Bertz CT molecular complexity index is 756. The van der Waals surface area contributed by atoms with E-state index < -0.39 is 5.91 Å². The Hall–Kier alpha value is -2.86. The van der Waals surface area contributed by atoms with Gasteiger partial charge in [-0.3, -0.25) is 10.0 Å². The number of hydrogen-bond acceptors (Lipinski definition) is 5. The van der Waals surface area contributed by atoms with Crippen molar-refractivity contribution in [3.05, 3.63) is 64.7 Å². The van der Waals surface area contributed by atoms with E-state index in [1.54, 1.807) is 17.6 Å². The molecule has 6 heteroatoms. The molecule has 0 unspecified atom stereocenters. The summed E-state index contributed by atoms with van der Waals surface area (Å²) in [6.07, 6.45) is 0. The molecular formula is C18H20N2O4. The average molecular weight is 328 g/mol. The highest BCUT2D eigenvalue weighted by Crippen LogP contribution is 2.21. The van der Waals surface area contributed by atoms with Gasteiger partial charge in [-0.15, -0.1) is 0 Å². The molecule has 0 aromatic heterocycles. The fourth-order valence-corrected chi connectivity index (χ4v) is 2.25. The summed E-state index contributed by atoms with van der Waals surface area (Å²) >= 11 is 0. The minimum Gasteiger partial charge on any atom is -0.489 e. The monoisotopic (exact) mass is 328 g/mol. The molecule has 6 nitrogen and oxygen atoms in total. The Morgan fingerprint density at radius 1 is 1.21 bits per heavy atom. The van der Waals surface area contributed by atoms with Crippen LogP contribution in [0.5, 0.6) is 5.75 Å². The molecule has 2 aromatic carbocycles. The highest BCUT2D eigenvalue weighted by Gasteiger charge is 2.18. The van der Waals surface area contributed by atoms with E-state index in [0.29, 0.717) is 5.56 Å². The number of oxime groups is 1. The first-order chi connectivity index (χ1) is 11.6. The van der Waals surface area contributed by atoms with Crippen LogP contribution in [-0.2, 0) is 16.2 Å². The number of carbonyl (C=O) groups excluding carboxylic acids is 1. The van der Waals surface area contributed by atoms with E-state index >= 15 is 0 Å². The number of hydrogen-bond donors (Lipinski definition) is 2. The zero-order valence-electron chi connectivity index (χ0n) is 13.9. The third kappa shape index (κ3) is 4.11. The molecule has 24 heavy (non-hydrogen) atoms. The second-order valence-corrected chi connectivity index (χ2v) is 5.28. The largest absolute Gasteiger partial charge is 0.489 e. The lowest BCUT2D eigenvalue weighted by molar-refractivity contribution is -0.122. The van der Waals surface area contributed by atoms with Crippen molar-refractivity contribution in [2.24, 2.45) is 5.16 Å². The highest BCUT2D eigenvalue weighted by molar-refractivity contribution is 6.45. The molecule has 0 spiro atoms. The molecule has 0 saturated carbocycles. The zero-order valence-corrected chi connectivity index (χ0v) is 13.9. The molecular weight excluding hydrogens is 308 g/mol. The van der Waals surface area contributed by atoms with Gasteiger partial charge >= 0.3 is 0 Å². The first-order valence-corrected chi connectivity index (χ1v) is 7.40. The lowest BCUT2D eigenvalue weighted by atomic mass is 10.0. The number of nitrogens with zero attached hydrogens (tertiary/aromatic N) is 1. The van der Waals surface area contributed by atoms with Crippen molar-refractivity contribution < 1.29 is 19.6 Å². The van der Waals surface area contributed by atoms with Crippen LogP contribution in [0.3, 0.4) is 0 Å². The number of rotatable bonds is 6. The minimum absolute atomic E-state index is 0.0276. The third-order valence-corrected chi connectivity index (χ3v) is 3.50. The van der Waals surface area contributed by atoms with Gasteiger partial charge in [0.25, 0.3) is 5.91 Å². The van der Waals surface area contributed by atoms with Crippen LogP contribution in [0.1, 0.15) is 22.3 Å².